The fourth-order valence-electron chi connectivity index (χ4n) is 5.32. The molecule has 1 aromatic carbocycles. The van der Waals surface area contributed by atoms with Gasteiger partial charge in [0.05, 0.1) is 12.7 Å². The normalized spacial score (nSPS) is 23.6. The van der Waals surface area contributed by atoms with E-state index in [1.807, 2.05) is 24.8 Å². The van der Waals surface area contributed by atoms with E-state index in [0.717, 1.165) is 53.5 Å². The second-order valence-electron chi connectivity index (χ2n) is 8.86. The molecule has 6 nitrogen and oxygen atoms in total. The van der Waals surface area contributed by atoms with Gasteiger partial charge in [0.1, 0.15) is 12.2 Å². The summed E-state index contributed by atoms with van der Waals surface area (Å²) in [6.07, 6.45) is 5.22. The van der Waals surface area contributed by atoms with Crippen molar-refractivity contribution >= 4 is 22.8 Å². The summed E-state index contributed by atoms with van der Waals surface area (Å²) in [5.41, 5.74) is 4.07. The molecule has 2 aromatic rings. The van der Waals surface area contributed by atoms with Crippen molar-refractivity contribution < 1.29 is 18.7 Å². The van der Waals surface area contributed by atoms with Crippen LogP contribution in [0.3, 0.4) is 0 Å². The van der Waals surface area contributed by atoms with Crippen LogP contribution in [0.4, 0.5) is 0 Å². The molecular weight excluding hydrogens is 380 g/mol. The SMILES string of the molecule is CCOCC(=O)N1C[C@@H]2CCC[C@H](NC(=O)Cc3coc4cc(C)cc(C)c34)[C@@H]2C1. The Morgan fingerprint density at radius 2 is 2.07 bits per heavy atom. The van der Waals surface area contributed by atoms with Gasteiger partial charge < -0.3 is 19.4 Å². The number of fused-ring (bicyclic) bond motifs is 2. The van der Waals surface area contributed by atoms with E-state index in [9.17, 15) is 9.59 Å². The number of carbonyl (C=O) groups excluding carboxylic acids is 2. The van der Waals surface area contributed by atoms with Crippen molar-refractivity contribution in [1.29, 1.82) is 0 Å². The number of ether oxygens (including phenoxy) is 1. The van der Waals surface area contributed by atoms with Crippen molar-refractivity contribution in [2.24, 2.45) is 11.8 Å². The Hall–Kier alpha value is -2.34. The maximum atomic E-state index is 12.9. The van der Waals surface area contributed by atoms with Crippen molar-refractivity contribution in [2.45, 2.75) is 52.5 Å². The average Bonchev–Trinajstić information content (AvgIpc) is 3.31. The monoisotopic (exact) mass is 412 g/mol. The van der Waals surface area contributed by atoms with E-state index in [-0.39, 0.29) is 24.5 Å². The smallest absolute Gasteiger partial charge is 0.248 e. The maximum Gasteiger partial charge on any atom is 0.248 e. The lowest BCUT2D eigenvalue weighted by atomic mass is 9.78. The number of carbonyl (C=O) groups is 2. The van der Waals surface area contributed by atoms with Gasteiger partial charge in [-0.1, -0.05) is 12.5 Å². The van der Waals surface area contributed by atoms with E-state index < -0.39 is 0 Å². The highest BCUT2D eigenvalue weighted by Crippen LogP contribution is 2.36. The summed E-state index contributed by atoms with van der Waals surface area (Å²) in [5.74, 6) is 0.891. The topological polar surface area (TPSA) is 71.8 Å². The highest BCUT2D eigenvalue weighted by Gasteiger charge is 2.42. The van der Waals surface area contributed by atoms with Gasteiger partial charge in [-0.3, -0.25) is 9.59 Å². The number of aryl methyl sites for hydroxylation is 2. The van der Waals surface area contributed by atoms with Crippen LogP contribution in [0.25, 0.3) is 11.0 Å². The van der Waals surface area contributed by atoms with Crippen LogP contribution in [0, 0.1) is 25.7 Å². The fraction of sp³-hybridized carbons (Fsp3) is 0.583. The molecule has 2 aliphatic rings. The van der Waals surface area contributed by atoms with Crippen molar-refractivity contribution in [3.05, 3.63) is 35.1 Å². The number of nitrogens with one attached hydrogen (secondary N) is 1. The first-order chi connectivity index (χ1) is 14.5. The Kier molecular flexibility index (Phi) is 6.14. The number of furan rings is 1. The third-order valence-electron chi connectivity index (χ3n) is 6.67. The van der Waals surface area contributed by atoms with Crippen molar-refractivity contribution in [3.8, 4) is 0 Å². The molecule has 1 aliphatic heterocycles. The second kappa shape index (κ2) is 8.80. The molecule has 1 aliphatic carbocycles. The lowest BCUT2D eigenvalue weighted by Crippen LogP contribution is -2.46. The van der Waals surface area contributed by atoms with Crippen molar-refractivity contribution in [2.75, 3.05) is 26.3 Å². The predicted molar refractivity (Wildman–Crippen MR) is 115 cm³/mol. The molecule has 2 heterocycles. The molecule has 1 aromatic heterocycles. The number of rotatable bonds is 6. The number of amides is 2. The fourth-order valence-corrected chi connectivity index (χ4v) is 5.32. The van der Waals surface area contributed by atoms with Gasteiger partial charge in [-0.2, -0.15) is 0 Å². The summed E-state index contributed by atoms with van der Waals surface area (Å²) in [5, 5.41) is 4.32. The summed E-state index contributed by atoms with van der Waals surface area (Å²) in [7, 11) is 0. The molecule has 0 radical (unpaired) electrons. The first-order valence-corrected chi connectivity index (χ1v) is 11.1. The Morgan fingerprint density at radius 1 is 1.23 bits per heavy atom. The molecular formula is C24H32N2O4. The third-order valence-corrected chi connectivity index (χ3v) is 6.67. The molecule has 2 fully saturated rings. The van der Waals surface area contributed by atoms with Gasteiger partial charge in [0.25, 0.3) is 0 Å². The summed E-state index contributed by atoms with van der Waals surface area (Å²) < 4.78 is 11.0. The molecule has 30 heavy (non-hydrogen) atoms. The van der Waals surface area contributed by atoms with Gasteiger partial charge >= 0.3 is 0 Å². The van der Waals surface area contributed by atoms with E-state index in [0.29, 0.717) is 31.4 Å². The number of benzene rings is 1. The molecule has 1 saturated carbocycles. The maximum absolute atomic E-state index is 12.9. The number of nitrogens with zero attached hydrogens (tertiary/aromatic N) is 1. The minimum absolute atomic E-state index is 0.0300. The van der Waals surface area contributed by atoms with E-state index >= 15 is 0 Å². The summed E-state index contributed by atoms with van der Waals surface area (Å²) in [6.45, 7) is 8.21. The average molecular weight is 413 g/mol. The van der Waals surface area contributed by atoms with Crippen LogP contribution in [-0.2, 0) is 20.7 Å². The van der Waals surface area contributed by atoms with Crippen LogP contribution in [0.1, 0.15) is 42.9 Å². The number of hydrogen-bond acceptors (Lipinski definition) is 4. The zero-order valence-corrected chi connectivity index (χ0v) is 18.2. The van der Waals surface area contributed by atoms with E-state index in [2.05, 4.69) is 18.3 Å². The van der Waals surface area contributed by atoms with Crippen LogP contribution in [0.5, 0.6) is 0 Å². The van der Waals surface area contributed by atoms with E-state index in [1.165, 1.54) is 0 Å². The largest absolute Gasteiger partial charge is 0.464 e. The second-order valence-corrected chi connectivity index (χ2v) is 8.86. The van der Waals surface area contributed by atoms with Crippen LogP contribution >= 0.6 is 0 Å². The third kappa shape index (κ3) is 4.24. The minimum Gasteiger partial charge on any atom is -0.464 e. The molecule has 162 valence electrons. The van der Waals surface area contributed by atoms with Crippen molar-refractivity contribution in [1.82, 2.24) is 10.2 Å². The van der Waals surface area contributed by atoms with Gasteiger partial charge in [0.15, 0.2) is 0 Å². The molecule has 0 bridgehead atoms. The van der Waals surface area contributed by atoms with Crippen LogP contribution in [0.15, 0.2) is 22.8 Å². The predicted octanol–water partition coefficient (Wildman–Crippen LogP) is 3.37. The van der Waals surface area contributed by atoms with Gasteiger partial charge in [0.2, 0.25) is 11.8 Å². The molecule has 2 amide bonds. The van der Waals surface area contributed by atoms with Crippen LogP contribution < -0.4 is 5.32 Å². The van der Waals surface area contributed by atoms with Crippen LogP contribution in [0.2, 0.25) is 0 Å². The van der Waals surface area contributed by atoms with Gasteiger partial charge in [-0.05, 0) is 56.7 Å². The molecule has 1 saturated heterocycles. The van der Waals surface area contributed by atoms with E-state index in [4.69, 9.17) is 9.15 Å². The minimum atomic E-state index is 0.0300. The van der Waals surface area contributed by atoms with Gasteiger partial charge in [-0.15, -0.1) is 0 Å². The summed E-state index contributed by atoms with van der Waals surface area (Å²) in [4.78, 5) is 27.2. The van der Waals surface area contributed by atoms with E-state index in [1.54, 1.807) is 6.26 Å². The lowest BCUT2D eigenvalue weighted by Gasteiger charge is -2.33. The molecule has 6 heteroatoms. The van der Waals surface area contributed by atoms with Gasteiger partial charge in [-0.25, -0.2) is 0 Å². The van der Waals surface area contributed by atoms with Crippen LogP contribution in [-0.4, -0.2) is 49.1 Å². The Bertz CT molecular complexity index is 935. The standard InChI is InChI=1S/C24H32N2O4/c1-4-29-14-23(28)26-11-17-6-5-7-20(19(17)12-26)25-22(27)10-18-13-30-21-9-15(2)8-16(3)24(18)21/h8-9,13,17,19-20H,4-7,10-12,14H2,1-3H3,(H,25,27)/t17-,19+,20-/m0/s1. The zero-order chi connectivity index (χ0) is 21.3. The van der Waals surface area contributed by atoms with Crippen molar-refractivity contribution in [3.63, 3.8) is 0 Å². The Balaban J connectivity index is 1.40. The summed E-state index contributed by atoms with van der Waals surface area (Å²) in [6, 6.07) is 4.27. The first kappa shape index (κ1) is 20.9. The first-order valence-electron chi connectivity index (χ1n) is 11.1. The molecule has 1 N–H and O–H groups in total. The number of hydrogen-bond donors (Lipinski definition) is 1. The summed E-state index contributed by atoms with van der Waals surface area (Å²) >= 11 is 0. The molecule has 0 unspecified atom stereocenters. The van der Waals surface area contributed by atoms with Gasteiger partial charge in [0, 0.05) is 42.6 Å². The lowest BCUT2D eigenvalue weighted by molar-refractivity contribution is -0.135. The molecule has 0 spiro atoms. The zero-order valence-electron chi connectivity index (χ0n) is 18.2. The molecule has 4 rings (SSSR count). The quantitative estimate of drug-likeness (QED) is 0.790. The number of likely N-dealkylation sites (tertiary alicyclic amines) is 1. The Morgan fingerprint density at radius 3 is 2.87 bits per heavy atom. The highest BCUT2D eigenvalue weighted by atomic mass is 16.5. The molecule has 3 atom stereocenters. The highest BCUT2D eigenvalue weighted by molar-refractivity contribution is 5.90. The Labute approximate surface area is 177 Å².